The van der Waals surface area contributed by atoms with Crippen LogP contribution in [0.25, 0.3) is 0 Å². The highest BCUT2D eigenvalue weighted by Gasteiger charge is 1.85. The summed E-state index contributed by atoms with van der Waals surface area (Å²) < 4.78 is 0. The summed E-state index contributed by atoms with van der Waals surface area (Å²) in [6.07, 6.45) is 7.28. The summed E-state index contributed by atoms with van der Waals surface area (Å²) in [4.78, 5) is 0. The Hall–Kier alpha value is -0.400. The van der Waals surface area contributed by atoms with E-state index in [1.54, 1.807) is 0 Å². The summed E-state index contributed by atoms with van der Waals surface area (Å²) in [7, 11) is 0. The molecule has 0 rings (SSSR count). The van der Waals surface area contributed by atoms with Crippen LogP contribution in [0.1, 0.15) is 78.6 Å². The Kier molecular flexibility index (Phi) is 89.1. The average molecular weight is 481 g/mol. The molecule has 0 saturated carbocycles. The zero-order chi connectivity index (χ0) is 26.3. The van der Waals surface area contributed by atoms with Gasteiger partial charge in [-0.3, -0.25) is 0 Å². The third-order valence-electron chi connectivity index (χ3n) is 2.81. The second-order valence-corrected chi connectivity index (χ2v) is 6.00. The molecule has 0 bridgehead atoms. The summed E-state index contributed by atoms with van der Waals surface area (Å²) in [6.45, 7) is 6.60. The van der Waals surface area contributed by atoms with Gasteiger partial charge in [0, 0.05) is 39.6 Å². The van der Waals surface area contributed by atoms with Gasteiger partial charge < -0.3 is 51.1 Å². The van der Waals surface area contributed by atoms with Crippen molar-refractivity contribution in [3.63, 3.8) is 0 Å². The number of hydrogen-bond acceptors (Lipinski definition) is 10. The molecule has 0 amide bonds. The molecule has 1 unspecified atom stereocenters. The highest BCUT2D eigenvalue weighted by atomic mass is 16.3. The third-order valence-corrected chi connectivity index (χ3v) is 2.81. The first-order valence-electron chi connectivity index (χ1n) is 11.6. The first-order chi connectivity index (χ1) is 15.4. The first kappa shape index (κ1) is 45.1. The lowest BCUT2D eigenvalue weighted by Crippen LogP contribution is -2.03. The maximum Gasteiger partial charge on any atom is 0.0742 e. The normalized spacial score (nSPS) is 9.66. The molecule has 0 aromatic carbocycles. The van der Waals surface area contributed by atoms with Gasteiger partial charge >= 0.3 is 0 Å². The molecular weight excluding hydrogens is 424 g/mol. The largest absolute Gasteiger partial charge is 0.396 e. The van der Waals surface area contributed by atoms with Gasteiger partial charge in [-0.05, 0) is 51.9 Å². The van der Waals surface area contributed by atoms with Crippen LogP contribution < -0.4 is 0 Å². The van der Waals surface area contributed by atoms with Crippen LogP contribution in [0.3, 0.4) is 0 Å². The summed E-state index contributed by atoms with van der Waals surface area (Å²) in [5.74, 6) is 0. The second kappa shape index (κ2) is 63.2. The number of aliphatic hydroxyl groups is 10. The predicted molar refractivity (Wildman–Crippen MR) is 128 cm³/mol. The summed E-state index contributed by atoms with van der Waals surface area (Å²) in [6, 6.07) is 0. The Morgan fingerprint density at radius 2 is 0.531 bits per heavy atom. The molecule has 0 radical (unpaired) electrons. The van der Waals surface area contributed by atoms with E-state index in [-0.39, 0.29) is 59.5 Å². The predicted octanol–water partition coefficient (Wildman–Crippen LogP) is -0.219. The van der Waals surface area contributed by atoms with Crippen LogP contribution in [0.2, 0.25) is 0 Å². The Morgan fingerprint density at radius 3 is 0.656 bits per heavy atom. The van der Waals surface area contributed by atoms with E-state index in [4.69, 9.17) is 51.1 Å². The van der Waals surface area contributed by atoms with E-state index < -0.39 is 6.10 Å². The van der Waals surface area contributed by atoms with Crippen molar-refractivity contribution in [2.45, 2.75) is 84.7 Å². The lowest BCUT2D eigenvalue weighted by Gasteiger charge is -1.93. The molecule has 1 atom stereocenters. The summed E-state index contributed by atoms with van der Waals surface area (Å²) in [5.41, 5.74) is 0. The maximum absolute atomic E-state index is 8.30. The van der Waals surface area contributed by atoms with Gasteiger partial charge in [-0.1, -0.05) is 26.7 Å². The second-order valence-electron chi connectivity index (χ2n) is 6.00. The van der Waals surface area contributed by atoms with E-state index in [1.807, 2.05) is 13.8 Å². The van der Waals surface area contributed by atoms with Gasteiger partial charge in [-0.15, -0.1) is 0 Å². The maximum atomic E-state index is 8.30. The van der Waals surface area contributed by atoms with Crippen LogP contribution in [-0.4, -0.2) is 117 Å². The highest BCUT2D eigenvalue weighted by Crippen LogP contribution is 1.96. The quantitative estimate of drug-likeness (QED) is 0.148. The fourth-order valence-electron chi connectivity index (χ4n) is 1.20. The fourth-order valence-corrected chi connectivity index (χ4v) is 1.20. The molecule has 10 N–H and O–H groups in total. The zero-order valence-electron chi connectivity index (χ0n) is 20.8. The molecule has 0 aliphatic heterocycles. The SMILES string of the molecule is CC.CC(O)CO.OCCCCCCO.OCCCCCO.OCCCCO.OCCO. The van der Waals surface area contributed by atoms with E-state index >= 15 is 0 Å². The lowest BCUT2D eigenvalue weighted by atomic mass is 10.2. The van der Waals surface area contributed by atoms with E-state index in [0.717, 1.165) is 57.8 Å². The molecule has 0 heterocycles. The molecule has 32 heavy (non-hydrogen) atoms. The van der Waals surface area contributed by atoms with Crippen LogP contribution in [0.4, 0.5) is 0 Å². The summed E-state index contributed by atoms with van der Waals surface area (Å²) in [5, 5.41) is 80.5. The van der Waals surface area contributed by atoms with Crippen LogP contribution in [0.5, 0.6) is 0 Å². The minimum absolute atomic E-state index is 0.125. The number of rotatable bonds is 14. The van der Waals surface area contributed by atoms with Gasteiger partial charge in [0.25, 0.3) is 0 Å². The van der Waals surface area contributed by atoms with E-state index in [1.165, 1.54) is 6.92 Å². The van der Waals surface area contributed by atoms with Gasteiger partial charge in [0.15, 0.2) is 0 Å². The van der Waals surface area contributed by atoms with Gasteiger partial charge in [-0.25, -0.2) is 0 Å². The van der Waals surface area contributed by atoms with Gasteiger partial charge in [0.2, 0.25) is 0 Å². The van der Waals surface area contributed by atoms with Crippen molar-refractivity contribution in [2.24, 2.45) is 0 Å². The minimum Gasteiger partial charge on any atom is -0.396 e. The Bertz CT molecular complexity index is 195. The molecule has 0 aromatic heterocycles. The van der Waals surface area contributed by atoms with Crippen molar-refractivity contribution in [1.29, 1.82) is 0 Å². The molecule has 0 spiro atoms. The number of aliphatic hydroxyl groups excluding tert-OH is 10. The van der Waals surface area contributed by atoms with Crippen LogP contribution in [-0.2, 0) is 0 Å². The Labute approximate surface area is 195 Å². The molecule has 10 nitrogen and oxygen atoms in total. The lowest BCUT2D eigenvalue weighted by molar-refractivity contribution is 0.110. The first-order valence-corrected chi connectivity index (χ1v) is 11.6. The fraction of sp³-hybridized carbons (Fsp3) is 1.00. The minimum atomic E-state index is -0.560. The van der Waals surface area contributed by atoms with Gasteiger partial charge in [0.1, 0.15) is 0 Å². The van der Waals surface area contributed by atoms with Gasteiger partial charge in [-0.2, -0.15) is 0 Å². The van der Waals surface area contributed by atoms with Crippen molar-refractivity contribution >= 4 is 0 Å². The van der Waals surface area contributed by atoms with Crippen molar-refractivity contribution in [2.75, 3.05) is 59.5 Å². The third kappa shape index (κ3) is 114. The van der Waals surface area contributed by atoms with E-state index in [0.29, 0.717) is 0 Å². The summed E-state index contributed by atoms with van der Waals surface area (Å²) >= 11 is 0. The molecular formula is C22H56O10. The van der Waals surface area contributed by atoms with Crippen LogP contribution in [0.15, 0.2) is 0 Å². The molecule has 0 saturated heterocycles. The standard InChI is InChI=1S/C6H14O2.C5H12O2.C4H10O2.C3H8O2.C2H6O2.C2H6/c7-5-3-1-2-4-6-8;6-4-2-1-3-5-7;5-3-1-2-4-6;1-3(5)2-4;3-1-2-4;1-2/h7-8H,1-6H2;6-7H,1-5H2;5-6H,1-4H2;3-5H,2H2,1H3;3-4H,1-2H2;1-2H3. The van der Waals surface area contributed by atoms with Crippen LogP contribution >= 0.6 is 0 Å². The Balaban J connectivity index is -0.0000000658. The topological polar surface area (TPSA) is 202 Å². The van der Waals surface area contributed by atoms with Crippen molar-refractivity contribution in [1.82, 2.24) is 0 Å². The van der Waals surface area contributed by atoms with Crippen molar-refractivity contribution in [3.05, 3.63) is 0 Å². The molecule has 0 fully saturated rings. The molecule has 0 aliphatic rings. The molecule has 204 valence electrons. The highest BCUT2D eigenvalue weighted by molar-refractivity contribution is 4.39. The zero-order valence-corrected chi connectivity index (χ0v) is 20.8. The molecule has 0 aliphatic carbocycles. The smallest absolute Gasteiger partial charge is 0.0742 e. The monoisotopic (exact) mass is 480 g/mol. The molecule has 0 aromatic rings. The van der Waals surface area contributed by atoms with Gasteiger partial charge in [0.05, 0.1) is 25.9 Å². The Morgan fingerprint density at radius 1 is 0.375 bits per heavy atom. The molecule has 10 heteroatoms. The number of unbranched alkanes of at least 4 members (excludes halogenated alkanes) is 6. The van der Waals surface area contributed by atoms with Crippen molar-refractivity contribution in [3.8, 4) is 0 Å². The number of hydrogen-bond donors (Lipinski definition) is 10. The van der Waals surface area contributed by atoms with Crippen molar-refractivity contribution < 1.29 is 51.1 Å². The van der Waals surface area contributed by atoms with E-state index in [2.05, 4.69) is 0 Å². The van der Waals surface area contributed by atoms with E-state index in [9.17, 15) is 0 Å². The van der Waals surface area contributed by atoms with Crippen LogP contribution in [0, 0.1) is 0 Å². The average Bonchev–Trinajstić information content (AvgIpc) is 2.83.